The van der Waals surface area contributed by atoms with E-state index >= 15 is 0 Å². The molecule has 0 aromatic carbocycles. The molecular weight excluding hydrogens is 278 g/mol. The van der Waals surface area contributed by atoms with Gasteiger partial charge in [-0.25, -0.2) is 13.4 Å². The molecule has 1 aromatic heterocycles. The van der Waals surface area contributed by atoms with Crippen LogP contribution >= 0.6 is 0 Å². The smallest absolute Gasteiger partial charge is 0.251 e. The van der Waals surface area contributed by atoms with Crippen LogP contribution in [0.4, 0.5) is 5.82 Å². The van der Waals surface area contributed by atoms with Crippen molar-refractivity contribution < 1.29 is 13.2 Å². The van der Waals surface area contributed by atoms with Gasteiger partial charge in [0.05, 0.1) is 17.0 Å². The van der Waals surface area contributed by atoms with E-state index in [-0.39, 0.29) is 17.4 Å². The Kier molecular flexibility index (Phi) is 3.99. The van der Waals surface area contributed by atoms with Gasteiger partial charge in [0.1, 0.15) is 5.82 Å². The zero-order valence-electron chi connectivity index (χ0n) is 11.6. The van der Waals surface area contributed by atoms with Gasteiger partial charge in [-0.05, 0) is 32.4 Å². The van der Waals surface area contributed by atoms with Crippen LogP contribution in [0.5, 0.6) is 0 Å². The number of anilines is 1. The molecule has 0 radical (unpaired) electrons. The van der Waals surface area contributed by atoms with Crippen LogP contribution in [0.1, 0.15) is 30.6 Å². The topological polar surface area (TPSA) is 88.2 Å². The highest BCUT2D eigenvalue weighted by molar-refractivity contribution is 7.91. The highest BCUT2D eigenvalue weighted by atomic mass is 32.2. The first-order valence-corrected chi connectivity index (χ1v) is 8.39. The number of pyridine rings is 1. The zero-order valence-corrected chi connectivity index (χ0v) is 12.5. The van der Waals surface area contributed by atoms with E-state index in [9.17, 15) is 13.2 Å². The first-order valence-electron chi connectivity index (χ1n) is 6.56. The molecule has 20 heavy (non-hydrogen) atoms. The molecule has 1 aliphatic heterocycles. The molecule has 1 aromatic rings. The van der Waals surface area contributed by atoms with E-state index in [0.29, 0.717) is 24.3 Å². The molecule has 1 fully saturated rings. The zero-order chi connectivity index (χ0) is 14.8. The van der Waals surface area contributed by atoms with Gasteiger partial charge in [-0.2, -0.15) is 0 Å². The molecule has 1 amide bonds. The quantitative estimate of drug-likeness (QED) is 0.859. The van der Waals surface area contributed by atoms with Gasteiger partial charge in [0, 0.05) is 18.3 Å². The number of nitrogens with zero attached hydrogens (tertiary/aromatic N) is 1. The monoisotopic (exact) mass is 297 g/mol. The molecule has 1 saturated heterocycles. The van der Waals surface area contributed by atoms with Crippen LogP contribution in [0, 0.1) is 0 Å². The molecule has 110 valence electrons. The SMILES string of the molecule is CCNc1cc(C(=O)NC2(C)CCS(=O)(=O)C2)ccn1. The van der Waals surface area contributed by atoms with Gasteiger partial charge in [-0.1, -0.05) is 0 Å². The fourth-order valence-electron chi connectivity index (χ4n) is 2.30. The number of carbonyl (C=O) groups excluding carboxylic acids is 1. The Morgan fingerprint density at radius 2 is 2.25 bits per heavy atom. The summed E-state index contributed by atoms with van der Waals surface area (Å²) in [7, 11) is -3.04. The first-order chi connectivity index (χ1) is 9.34. The number of hydrogen-bond donors (Lipinski definition) is 2. The van der Waals surface area contributed by atoms with Gasteiger partial charge in [0.2, 0.25) is 0 Å². The van der Waals surface area contributed by atoms with E-state index in [1.54, 1.807) is 25.3 Å². The van der Waals surface area contributed by atoms with Crippen LogP contribution in [0.3, 0.4) is 0 Å². The molecule has 6 nitrogen and oxygen atoms in total. The summed E-state index contributed by atoms with van der Waals surface area (Å²) in [4.78, 5) is 16.3. The molecule has 1 aliphatic rings. The largest absolute Gasteiger partial charge is 0.370 e. The highest BCUT2D eigenvalue weighted by Crippen LogP contribution is 2.23. The van der Waals surface area contributed by atoms with Crippen LogP contribution in [-0.4, -0.2) is 42.9 Å². The van der Waals surface area contributed by atoms with Gasteiger partial charge in [0.25, 0.3) is 5.91 Å². The minimum Gasteiger partial charge on any atom is -0.370 e. The van der Waals surface area contributed by atoms with Crippen LogP contribution in [0.15, 0.2) is 18.3 Å². The molecule has 1 unspecified atom stereocenters. The summed E-state index contributed by atoms with van der Waals surface area (Å²) in [6.07, 6.45) is 2.01. The van der Waals surface area contributed by atoms with Crippen molar-refractivity contribution in [2.75, 3.05) is 23.4 Å². The van der Waals surface area contributed by atoms with E-state index < -0.39 is 15.4 Å². The molecule has 0 saturated carbocycles. The van der Waals surface area contributed by atoms with Crippen LogP contribution in [0.25, 0.3) is 0 Å². The molecule has 7 heteroatoms. The van der Waals surface area contributed by atoms with E-state index in [2.05, 4.69) is 15.6 Å². The van der Waals surface area contributed by atoms with Crippen LogP contribution < -0.4 is 10.6 Å². The predicted molar refractivity (Wildman–Crippen MR) is 77.5 cm³/mol. The van der Waals surface area contributed by atoms with Crippen molar-refractivity contribution in [3.05, 3.63) is 23.9 Å². The van der Waals surface area contributed by atoms with E-state index in [1.807, 2.05) is 6.92 Å². The Hall–Kier alpha value is -1.63. The van der Waals surface area contributed by atoms with Gasteiger partial charge >= 0.3 is 0 Å². The maximum absolute atomic E-state index is 12.2. The number of nitrogens with one attached hydrogen (secondary N) is 2. The van der Waals surface area contributed by atoms with Crippen molar-refractivity contribution in [1.82, 2.24) is 10.3 Å². The molecule has 0 bridgehead atoms. The number of aromatic nitrogens is 1. The number of rotatable bonds is 4. The molecule has 1 atom stereocenters. The van der Waals surface area contributed by atoms with Crippen LogP contribution in [0.2, 0.25) is 0 Å². The summed E-state index contributed by atoms with van der Waals surface area (Å²) in [5.41, 5.74) is -0.209. The Morgan fingerprint density at radius 3 is 2.85 bits per heavy atom. The maximum atomic E-state index is 12.2. The summed E-state index contributed by atoms with van der Waals surface area (Å²) >= 11 is 0. The Bertz CT molecular complexity index is 615. The third-order valence-corrected chi connectivity index (χ3v) is 5.20. The molecule has 2 rings (SSSR count). The van der Waals surface area contributed by atoms with Gasteiger partial charge < -0.3 is 10.6 Å². The van der Waals surface area contributed by atoms with Gasteiger partial charge in [0.15, 0.2) is 9.84 Å². The Balaban J connectivity index is 2.11. The van der Waals surface area contributed by atoms with Gasteiger partial charge in [-0.3, -0.25) is 4.79 Å². The van der Waals surface area contributed by atoms with Crippen molar-refractivity contribution in [2.24, 2.45) is 0 Å². The fraction of sp³-hybridized carbons (Fsp3) is 0.538. The fourth-order valence-corrected chi connectivity index (χ4v) is 4.40. The van der Waals surface area contributed by atoms with Crippen molar-refractivity contribution in [2.45, 2.75) is 25.8 Å². The summed E-state index contributed by atoms with van der Waals surface area (Å²) in [6, 6.07) is 3.27. The molecule has 2 N–H and O–H groups in total. The summed E-state index contributed by atoms with van der Waals surface area (Å²) in [6.45, 7) is 4.43. The second-order valence-electron chi connectivity index (χ2n) is 5.32. The lowest BCUT2D eigenvalue weighted by Gasteiger charge is -2.23. The summed E-state index contributed by atoms with van der Waals surface area (Å²) < 4.78 is 23.1. The lowest BCUT2D eigenvalue weighted by atomic mass is 10.0. The lowest BCUT2D eigenvalue weighted by molar-refractivity contribution is 0.0915. The van der Waals surface area contributed by atoms with E-state index in [0.717, 1.165) is 0 Å². The minimum absolute atomic E-state index is 0.00308. The maximum Gasteiger partial charge on any atom is 0.251 e. The normalized spacial score (nSPS) is 24.3. The van der Waals surface area contributed by atoms with Gasteiger partial charge in [-0.15, -0.1) is 0 Å². The molecular formula is C13H19N3O3S. The standard InChI is InChI=1S/C13H19N3O3S/c1-3-14-11-8-10(4-6-15-11)12(17)16-13(2)5-7-20(18,19)9-13/h4,6,8H,3,5,7,9H2,1-2H3,(H,14,15)(H,16,17). The molecule has 2 heterocycles. The number of hydrogen-bond acceptors (Lipinski definition) is 5. The van der Waals surface area contributed by atoms with E-state index in [4.69, 9.17) is 0 Å². The Labute approximate surface area is 118 Å². The third-order valence-electron chi connectivity index (χ3n) is 3.30. The Morgan fingerprint density at radius 1 is 1.50 bits per heavy atom. The highest BCUT2D eigenvalue weighted by Gasteiger charge is 2.39. The van der Waals surface area contributed by atoms with Crippen LogP contribution in [-0.2, 0) is 9.84 Å². The third kappa shape index (κ3) is 3.47. The minimum atomic E-state index is -3.04. The van der Waals surface area contributed by atoms with Crippen molar-refractivity contribution in [3.8, 4) is 0 Å². The second kappa shape index (κ2) is 5.40. The first kappa shape index (κ1) is 14.8. The predicted octanol–water partition coefficient (Wildman–Crippen LogP) is 0.820. The number of carbonyl (C=O) groups is 1. The average Bonchev–Trinajstić information content (AvgIpc) is 2.64. The van der Waals surface area contributed by atoms with Crippen molar-refractivity contribution in [3.63, 3.8) is 0 Å². The number of sulfone groups is 1. The number of amides is 1. The second-order valence-corrected chi connectivity index (χ2v) is 7.50. The van der Waals surface area contributed by atoms with E-state index in [1.165, 1.54) is 0 Å². The molecule has 0 spiro atoms. The molecule has 0 aliphatic carbocycles. The van der Waals surface area contributed by atoms with Crippen molar-refractivity contribution >= 4 is 21.6 Å². The summed E-state index contributed by atoms with van der Waals surface area (Å²) in [5, 5.41) is 5.85. The van der Waals surface area contributed by atoms with Crippen molar-refractivity contribution in [1.29, 1.82) is 0 Å². The summed E-state index contributed by atoms with van der Waals surface area (Å²) in [5.74, 6) is 0.482. The lowest BCUT2D eigenvalue weighted by Crippen LogP contribution is -2.46. The average molecular weight is 297 g/mol.